The minimum absolute atomic E-state index is 0.940. The van der Waals surface area contributed by atoms with E-state index in [1.165, 1.54) is 12.8 Å². The van der Waals surface area contributed by atoms with Gasteiger partial charge in [-0.1, -0.05) is 23.8 Å². The maximum atomic E-state index is 2.34. The van der Waals surface area contributed by atoms with E-state index in [0.717, 1.165) is 12.3 Å². The van der Waals surface area contributed by atoms with Gasteiger partial charge in [0.1, 0.15) is 0 Å². The molecular formula is C9H11. The van der Waals surface area contributed by atoms with Gasteiger partial charge in [-0.15, -0.1) is 0 Å². The van der Waals surface area contributed by atoms with E-state index in [-0.39, 0.29) is 0 Å². The van der Waals surface area contributed by atoms with Gasteiger partial charge in [-0.05, 0) is 31.6 Å². The van der Waals surface area contributed by atoms with Crippen molar-refractivity contribution in [3.05, 3.63) is 30.2 Å². The Bertz CT molecular complexity index is 159. The van der Waals surface area contributed by atoms with Gasteiger partial charge >= 0.3 is 0 Å². The zero-order chi connectivity index (χ0) is 6.10. The fraction of sp³-hybridized carbons (Fsp3) is 0.444. The summed E-state index contributed by atoms with van der Waals surface area (Å²) in [6.45, 7) is 0. The van der Waals surface area contributed by atoms with Crippen molar-refractivity contribution < 1.29 is 0 Å². The van der Waals surface area contributed by atoms with Gasteiger partial charge in [0.25, 0.3) is 0 Å². The van der Waals surface area contributed by atoms with Crippen LogP contribution in [0.3, 0.4) is 0 Å². The highest BCUT2D eigenvalue weighted by Gasteiger charge is 2.25. The monoisotopic (exact) mass is 119 g/mol. The van der Waals surface area contributed by atoms with Crippen molar-refractivity contribution >= 4 is 0 Å². The molecule has 0 aromatic rings. The van der Waals surface area contributed by atoms with Crippen molar-refractivity contribution in [3.63, 3.8) is 0 Å². The zero-order valence-electron chi connectivity index (χ0n) is 5.51. The Morgan fingerprint density at radius 3 is 2.78 bits per heavy atom. The molecule has 1 saturated carbocycles. The van der Waals surface area contributed by atoms with Gasteiger partial charge in [0.05, 0.1) is 0 Å². The van der Waals surface area contributed by atoms with E-state index in [1.807, 2.05) is 0 Å². The molecule has 2 aliphatic rings. The van der Waals surface area contributed by atoms with Crippen molar-refractivity contribution in [2.45, 2.75) is 19.3 Å². The molecule has 1 radical (unpaired) electrons. The lowest BCUT2D eigenvalue weighted by Gasteiger charge is -2.04. The average molecular weight is 119 g/mol. The predicted octanol–water partition coefficient (Wildman–Crippen LogP) is 2.49. The Kier molecular flexibility index (Phi) is 1.18. The molecule has 0 saturated heterocycles. The van der Waals surface area contributed by atoms with Gasteiger partial charge in [-0.2, -0.15) is 0 Å². The molecule has 0 spiro atoms. The van der Waals surface area contributed by atoms with Crippen LogP contribution in [-0.4, -0.2) is 0 Å². The number of allylic oxidation sites excluding steroid dienone is 4. The molecule has 0 heterocycles. The second kappa shape index (κ2) is 2.02. The standard InChI is InChI=1S/C9H11/c1-2-4-8(5-3-1)9-6-7-9/h1-2,4-5,9H,3,6-7H2. The minimum Gasteiger partial charge on any atom is -0.0839 e. The molecule has 0 amide bonds. The van der Waals surface area contributed by atoms with Crippen LogP contribution < -0.4 is 0 Å². The molecule has 0 N–H and O–H groups in total. The molecule has 2 aliphatic carbocycles. The topological polar surface area (TPSA) is 0 Å². The van der Waals surface area contributed by atoms with Crippen LogP contribution in [0, 0.1) is 12.3 Å². The second-order valence-corrected chi connectivity index (χ2v) is 2.81. The first kappa shape index (κ1) is 5.28. The number of hydrogen-bond acceptors (Lipinski definition) is 0. The second-order valence-electron chi connectivity index (χ2n) is 2.81. The van der Waals surface area contributed by atoms with Gasteiger partial charge in [0.2, 0.25) is 0 Å². The summed E-state index contributed by atoms with van der Waals surface area (Å²) in [6, 6.07) is 0. The highest BCUT2D eigenvalue weighted by molar-refractivity contribution is 5.30. The van der Waals surface area contributed by atoms with Crippen molar-refractivity contribution in [2.24, 2.45) is 5.92 Å². The lowest BCUT2D eigenvalue weighted by Crippen LogP contribution is -1.89. The number of rotatable bonds is 1. The first-order valence-corrected chi connectivity index (χ1v) is 3.67. The Morgan fingerprint density at radius 1 is 1.33 bits per heavy atom. The molecule has 0 nitrogen and oxygen atoms in total. The van der Waals surface area contributed by atoms with E-state index in [1.54, 1.807) is 5.57 Å². The maximum Gasteiger partial charge on any atom is -0.00938 e. The van der Waals surface area contributed by atoms with Crippen LogP contribution in [0.15, 0.2) is 23.8 Å². The Morgan fingerprint density at radius 2 is 2.22 bits per heavy atom. The van der Waals surface area contributed by atoms with Gasteiger partial charge in [-0.25, -0.2) is 0 Å². The third-order valence-electron chi connectivity index (χ3n) is 1.96. The molecule has 9 heavy (non-hydrogen) atoms. The van der Waals surface area contributed by atoms with Gasteiger partial charge < -0.3 is 0 Å². The maximum absolute atomic E-state index is 2.34. The normalized spacial score (nSPS) is 26.0. The number of hydrogen-bond donors (Lipinski definition) is 0. The molecule has 0 bridgehead atoms. The van der Waals surface area contributed by atoms with E-state index in [4.69, 9.17) is 0 Å². The molecule has 0 aromatic carbocycles. The van der Waals surface area contributed by atoms with Crippen LogP contribution in [0.5, 0.6) is 0 Å². The van der Waals surface area contributed by atoms with Crippen molar-refractivity contribution in [2.75, 3.05) is 0 Å². The first-order valence-electron chi connectivity index (χ1n) is 3.67. The predicted molar refractivity (Wildman–Crippen MR) is 38.9 cm³/mol. The van der Waals surface area contributed by atoms with E-state index < -0.39 is 0 Å². The lowest BCUT2D eigenvalue weighted by molar-refractivity contribution is 0.977. The van der Waals surface area contributed by atoms with Crippen LogP contribution >= 0.6 is 0 Å². The minimum atomic E-state index is 0.940. The highest BCUT2D eigenvalue weighted by Crippen LogP contribution is 2.38. The van der Waals surface area contributed by atoms with Crippen molar-refractivity contribution in [3.8, 4) is 0 Å². The average Bonchev–Trinajstić information content (AvgIpc) is 2.71. The molecule has 0 atom stereocenters. The Labute approximate surface area is 56.3 Å². The summed E-state index contributed by atoms with van der Waals surface area (Å²) in [6.07, 6.45) is 13.0. The fourth-order valence-corrected chi connectivity index (χ4v) is 1.25. The third kappa shape index (κ3) is 1.07. The van der Waals surface area contributed by atoms with Gasteiger partial charge in [0.15, 0.2) is 0 Å². The molecule has 47 valence electrons. The molecule has 0 heteroatoms. The summed E-state index contributed by atoms with van der Waals surface area (Å²) < 4.78 is 0. The van der Waals surface area contributed by atoms with Crippen LogP contribution in [-0.2, 0) is 0 Å². The summed E-state index contributed by atoms with van der Waals surface area (Å²) in [5, 5.41) is 0. The summed E-state index contributed by atoms with van der Waals surface area (Å²) in [7, 11) is 0. The zero-order valence-corrected chi connectivity index (χ0v) is 5.51. The quantitative estimate of drug-likeness (QED) is 0.497. The van der Waals surface area contributed by atoms with Crippen molar-refractivity contribution in [1.29, 1.82) is 0 Å². The summed E-state index contributed by atoms with van der Waals surface area (Å²) >= 11 is 0. The van der Waals surface area contributed by atoms with Gasteiger partial charge in [0, 0.05) is 0 Å². The molecule has 1 fully saturated rings. The fourth-order valence-electron chi connectivity index (χ4n) is 1.25. The summed E-state index contributed by atoms with van der Waals surface area (Å²) in [5.74, 6) is 0.940. The van der Waals surface area contributed by atoms with E-state index >= 15 is 0 Å². The van der Waals surface area contributed by atoms with Crippen LogP contribution in [0.2, 0.25) is 0 Å². The van der Waals surface area contributed by atoms with E-state index in [2.05, 4.69) is 24.6 Å². The molecule has 0 aromatic heterocycles. The third-order valence-corrected chi connectivity index (χ3v) is 1.96. The summed E-state index contributed by atoms with van der Waals surface area (Å²) in [4.78, 5) is 0. The smallest absolute Gasteiger partial charge is 0.00938 e. The molecular weight excluding hydrogens is 108 g/mol. The van der Waals surface area contributed by atoms with Crippen LogP contribution in [0.25, 0.3) is 0 Å². The highest BCUT2D eigenvalue weighted by atomic mass is 14.3. The SMILES string of the molecule is [CH]1CC=CC=C1C1CC1. The first-order chi connectivity index (χ1) is 4.47. The lowest BCUT2D eigenvalue weighted by atomic mass is 10.0. The van der Waals surface area contributed by atoms with Crippen LogP contribution in [0.1, 0.15) is 19.3 Å². The van der Waals surface area contributed by atoms with E-state index in [9.17, 15) is 0 Å². The van der Waals surface area contributed by atoms with Crippen LogP contribution in [0.4, 0.5) is 0 Å². The molecule has 2 rings (SSSR count). The molecule has 0 unspecified atom stereocenters. The molecule has 0 aliphatic heterocycles. The Balaban J connectivity index is 2.07. The van der Waals surface area contributed by atoms with Gasteiger partial charge in [-0.3, -0.25) is 0 Å². The summed E-state index contributed by atoms with van der Waals surface area (Å²) in [5.41, 5.74) is 1.58. The van der Waals surface area contributed by atoms with E-state index in [0.29, 0.717) is 0 Å². The van der Waals surface area contributed by atoms with Crippen molar-refractivity contribution in [1.82, 2.24) is 0 Å². The largest absolute Gasteiger partial charge is 0.0839 e. The Hall–Kier alpha value is -0.520.